The topological polar surface area (TPSA) is 55.4 Å². The van der Waals surface area contributed by atoms with E-state index in [-0.39, 0.29) is 17.8 Å². The number of benzene rings is 1. The monoisotopic (exact) mass is 303 g/mol. The van der Waals surface area contributed by atoms with Crippen LogP contribution in [0.25, 0.3) is 0 Å². The first kappa shape index (κ1) is 16.5. The van der Waals surface area contributed by atoms with Gasteiger partial charge in [-0.05, 0) is 46.0 Å². The molecule has 1 amide bonds. The SMILES string of the molecule is CC(C)(C)OC(=O)NC[C@H]1CC[C@@H](C(=O)c2ccccc2)C1. The lowest BCUT2D eigenvalue weighted by molar-refractivity contribution is 0.0519. The Kier molecular flexibility index (Phi) is 5.22. The van der Waals surface area contributed by atoms with Gasteiger partial charge in [0.05, 0.1) is 0 Å². The van der Waals surface area contributed by atoms with Gasteiger partial charge >= 0.3 is 6.09 Å². The number of ether oxygens (including phenoxy) is 1. The third-order valence-electron chi connectivity index (χ3n) is 3.90. The number of rotatable bonds is 4. The summed E-state index contributed by atoms with van der Waals surface area (Å²) in [7, 11) is 0. The second-order valence-corrected chi connectivity index (χ2v) is 6.99. The standard InChI is InChI=1S/C18H25NO3/c1-18(2,3)22-17(21)19-12-13-9-10-15(11-13)16(20)14-7-5-4-6-8-14/h4-8,13,15H,9-12H2,1-3H3,(H,19,21)/t13-,15+/m0/s1. The Morgan fingerprint density at radius 3 is 2.50 bits per heavy atom. The van der Waals surface area contributed by atoms with Crippen molar-refractivity contribution < 1.29 is 14.3 Å². The van der Waals surface area contributed by atoms with Gasteiger partial charge in [0.25, 0.3) is 0 Å². The predicted octanol–water partition coefficient (Wildman–Crippen LogP) is 3.81. The molecular weight excluding hydrogens is 278 g/mol. The van der Waals surface area contributed by atoms with Crippen molar-refractivity contribution in [3.8, 4) is 0 Å². The van der Waals surface area contributed by atoms with Crippen LogP contribution in [-0.2, 0) is 4.74 Å². The molecule has 1 fully saturated rings. The summed E-state index contributed by atoms with van der Waals surface area (Å²) < 4.78 is 5.22. The zero-order valence-corrected chi connectivity index (χ0v) is 13.6. The van der Waals surface area contributed by atoms with E-state index in [9.17, 15) is 9.59 Å². The van der Waals surface area contributed by atoms with Gasteiger partial charge in [-0.25, -0.2) is 4.79 Å². The van der Waals surface area contributed by atoms with E-state index in [2.05, 4.69) is 5.32 Å². The third kappa shape index (κ3) is 4.86. The number of hydrogen-bond donors (Lipinski definition) is 1. The maximum Gasteiger partial charge on any atom is 0.407 e. The summed E-state index contributed by atoms with van der Waals surface area (Å²) in [5.41, 5.74) is 0.305. The van der Waals surface area contributed by atoms with Gasteiger partial charge < -0.3 is 10.1 Å². The average Bonchev–Trinajstić information content (AvgIpc) is 2.92. The van der Waals surface area contributed by atoms with Crippen molar-refractivity contribution in [2.24, 2.45) is 11.8 Å². The first-order chi connectivity index (χ1) is 10.3. The van der Waals surface area contributed by atoms with E-state index in [0.29, 0.717) is 12.5 Å². The average molecular weight is 303 g/mol. The van der Waals surface area contributed by atoms with E-state index in [0.717, 1.165) is 24.8 Å². The largest absolute Gasteiger partial charge is 0.444 e. The molecule has 1 saturated carbocycles. The lowest BCUT2D eigenvalue weighted by Gasteiger charge is -2.20. The van der Waals surface area contributed by atoms with E-state index < -0.39 is 5.60 Å². The number of ketones is 1. The number of alkyl carbamates (subject to hydrolysis) is 1. The fraction of sp³-hybridized carbons (Fsp3) is 0.556. The summed E-state index contributed by atoms with van der Waals surface area (Å²) >= 11 is 0. The van der Waals surface area contributed by atoms with Crippen molar-refractivity contribution in [3.05, 3.63) is 35.9 Å². The van der Waals surface area contributed by atoms with Crippen LogP contribution >= 0.6 is 0 Å². The molecule has 1 N–H and O–H groups in total. The van der Waals surface area contributed by atoms with E-state index in [1.807, 2.05) is 51.1 Å². The van der Waals surface area contributed by atoms with Crippen molar-refractivity contribution >= 4 is 11.9 Å². The molecule has 0 aliphatic heterocycles. The smallest absolute Gasteiger partial charge is 0.407 e. The van der Waals surface area contributed by atoms with Gasteiger partial charge in [0, 0.05) is 18.0 Å². The van der Waals surface area contributed by atoms with Crippen LogP contribution in [-0.4, -0.2) is 24.0 Å². The lowest BCUT2D eigenvalue weighted by Crippen LogP contribution is -2.35. The second-order valence-electron chi connectivity index (χ2n) is 6.99. The van der Waals surface area contributed by atoms with Crippen molar-refractivity contribution in [3.63, 3.8) is 0 Å². The van der Waals surface area contributed by atoms with Gasteiger partial charge in [-0.2, -0.15) is 0 Å². The van der Waals surface area contributed by atoms with Crippen LogP contribution in [0.3, 0.4) is 0 Å². The summed E-state index contributed by atoms with van der Waals surface area (Å²) in [6.45, 7) is 6.11. The number of hydrogen-bond acceptors (Lipinski definition) is 3. The van der Waals surface area contributed by atoms with Gasteiger partial charge in [-0.1, -0.05) is 30.3 Å². The Morgan fingerprint density at radius 2 is 1.86 bits per heavy atom. The molecule has 1 aromatic carbocycles. The van der Waals surface area contributed by atoms with Crippen LogP contribution in [0.4, 0.5) is 4.79 Å². The number of carbonyl (C=O) groups excluding carboxylic acids is 2. The Hall–Kier alpha value is -1.84. The molecule has 0 radical (unpaired) electrons. The predicted molar refractivity (Wildman–Crippen MR) is 85.8 cm³/mol. The van der Waals surface area contributed by atoms with E-state index in [4.69, 9.17) is 4.74 Å². The number of Topliss-reactive ketones (excluding diaryl/α,β-unsaturated/α-hetero) is 1. The molecule has 4 heteroatoms. The minimum atomic E-state index is -0.481. The van der Waals surface area contributed by atoms with Crippen LogP contribution in [0.5, 0.6) is 0 Å². The zero-order valence-electron chi connectivity index (χ0n) is 13.6. The summed E-state index contributed by atoms with van der Waals surface area (Å²) in [5.74, 6) is 0.651. The minimum absolute atomic E-state index is 0.0767. The van der Waals surface area contributed by atoms with Crippen LogP contribution in [0.15, 0.2) is 30.3 Å². The molecule has 0 unspecified atom stereocenters. The van der Waals surface area contributed by atoms with Crippen LogP contribution < -0.4 is 5.32 Å². The second kappa shape index (κ2) is 6.95. The van der Waals surface area contributed by atoms with Crippen molar-refractivity contribution in [2.45, 2.75) is 45.6 Å². The fourth-order valence-corrected chi connectivity index (χ4v) is 2.88. The number of amides is 1. The Bertz CT molecular complexity index is 519. The summed E-state index contributed by atoms with van der Waals surface area (Å²) in [6.07, 6.45) is 2.32. The molecule has 0 bridgehead atoms. The molecular formula is C18H25NO3. The van der Waals surface area contributed by atoms with Gasteiger partial charge in [-0.15, -0.1) is 0 Å². The van der Waals surface area contributed by atoms with Crippen molar-refractivity contribution in [2.75, 3.05) is 6.54 Å². The maximum atomic E-state index is 12.4. The molecule has 2 rings (SSSR count). The highest BCUT2D eigenvalue weighted by Gasteiger charge is 2.30. The molecule has 1 aliphatic rings. The molecule has 1 aromatic rings. The van der Waals surface area contributed by atoms with Crippen molar-refractivity contribution in [1.29, 1.82) is 0 Å². The molecule has 0 spiro atoms. The zero-order chi connectivity index (χ0) is 16.2. The molecule has 2 atom stereocenters. The van der Waals surface area contributed by atoms with Crippen molar-refractivity contribution in [1.82, 2.24) is 5.32 Å². The Labute approximate surface area is 132 Å². The normalized spacial score (nSPS) is 21.4. The van der Waals surface area contributed by atoms with Gasteiger partial charge in [0.15, 0.2) is 5.78 Å². The van der Waals surface area contributed by atoms with E-state index in [1.54, 1.807) is 0 Å². The number of nitrogens with one attached hydrogen (secondary N) is 1. The fourth-order valence-electron chi connectivity index (χ4n) is 2.88. The number of carbonyl (C=O) groups is 2. The summed E-state index contributed by atoms with van der Waals surface area (Å²) in [4.78, 5) is 24.1. The van der Waals surface area contributed by atoms with E-state index in [1.165, 1.54) is 0 Å². The highest BCUT2D eigenvalue weighted by molar-refractivity contribution is 5.97. The van der Waals surface area contributed by atoms with Gasteiger partial charge in [0.1, 0.15) is 5.60 Å². The molecule has 120 valence electrons. The molecule has 0 saturated heterocycles. The quantitative estimate of drug-likeness (QED) is 0.861. The molecule has 22 heavy (non-hydrogen) atoms. The van der Waals surface area contributed by atoms with Crippen LogP contribution in [0.2, 0.25) is 0 Å². The van der Waals surface area contributed by atoms with Gasteiger partial charge in [0.2, 0.25) is 0 Å². The lowest BCUT2D eigenvalue weighted by atomic mass is 9.95. The highest BCUT2D eigenvalue weighted by atomic mass is 16.6. The maximum absolute atomic E-state index is 12.4. The van der Waals surface area contributed by atoms with Crippen LogP contribution in [0.1, 0.15) is 50.4 Å². The molecule has 4 nitrogen and oxygen atoms in total. The third-order valence-corrected chi connectivity index (χ3v) is 3.90. The van der Waals surface area contributed by atoms with Gasteiger partial charge in [-0.3, -0.25) is 4.79 Å². The van der Waals surface area contributed by atoms with E-state index >= 15 is 0 Å². The molecule has 1 aliphatic carbocycles. The Morgan fingerprint density at radius 1 is 1.18 bits per heavy atom. The summed E-state index contributed by atoms with van der Waals surface area (Å²) in [5, 5.41) is 2.81. The minimum Gasteiger partial charge on any atom is -0.444 e. The van der Waals surface area contributed by atoms with Crippen LogP contribution in [0, 0.1) is 11.8 Å². The molecule has 0 heterocycles. The molecule has 0 aromatic heterocycles. The first-order valence-electron chi connectivity index (χ1n) is 7.91. The Balaban J connectivity index is 1.78. The first-order valence-corrected chi connectivity index (χ1v) is 7.91. The highest BCUT2D eigenvalue weighted by Crippen LogP contribution is 2.32. The summed E-state index contributed by atoms with van der Waals surface area (Å²) in [6, 6.07) is 9.44.